The molecule has 196 valence electrons. The molecule has 3 N–H and O–H groups in total. The van der Waals surface area contributed by atoms with Crippen molar-refractivity contribution in [2.24, 2.45) is 5.92 Å². The Hall–Kier alpha value is -3.11. The van der Waals surface area contributed by atoms with Crippen LogP contribution in [0.5, 0.6) is 11.5 Å². The second-order valence-corrected chi connectivity index (χ2v) is 9.75. The van der Waals surface area contributed by atoms with Gasteiger partial charge in [-0.25, -0.2) is 13.2 Å². The Balaban J connectivity index is 1.20. The molecule has 0 radical (unpaired) electrons. The zero-order valence-electron chi connectivity index (χ0n) is 19.9. The first-order chi connectivity index (χ1) is 17.7. The van der Waals surface area contributed by atoms with E-state index in [-0.39, 0.29) is 43.3 Å². The van der Waals surface area contributed by atoms with Crippen molar-refractivity contribution in [2.75, 3.05) is 19.6 Å². The maximum atomic E-state index is 14.6. The highest BCUT2D eigenvalue weighted by molar-refractivity contribution is 5.33. The summed E-state index contributed by atoms with van der Waals surface area (Å²) in [7, 11) is 0. The maximum absolute atomic E-state index is 14.6. The minimum Gasteiger partial charge on any atom is -0.485 e. The van der Waals surface area contributed by atoms with Crippen LogP contribution in [0.2, 0.25) is 0 Å². The number of β-amino-alcohol motifs (C(OH)–C–C–N with tert-alkyl or cyclic N) is 2. The smallest absolute Gasteiger partial charge is 0.191 e. The van der Waals surface area contributed by atoms with Gasteiger partial charge >= 0.3 is 0 Å². The predicted octanol–water partition coefficient (Wildman–Crippen LogP) is 3.59. The molecule has 1 aliphatic carbocycles. The summed E-state index contributed by atoms with van der Waals surface area (Å²) in [5.41, 5.74) is -0.722. The van der Waals surface area contributed by atoms with Crippen LogP contribution in [0.15, 0.2) is 66.7 Å². The van der Waals surface area contributed by atoms with Crippen LogP contribution in [0, 0.1) is 23.4 Å². The largest absolute Gasteiger partial charge is 0.485 e. The number of nitrogens with zero attached hydrogens (tertiary/aromatic N) is 1. The predicted molar refractivity (Wildman–Crippen MR) is 128 cm³/mol. The minimum atomic E-state index is -1.51. The van der Waals surface area contributed by atoms with Crippen LogP contribution < -0.4 is 9.47 Å². The summed E-state index contributed by atoms with van der Waals surface area (Å²) in [4.78, 5) is 1.73. The second kappa shape index (κ2) is 10.3. The summed E-state index contributed by atoms with van der Waals surface area (Å²) in [6.45, 7) is 0.336. The third-order valence-electron chi connectivity index (χ3n) is 7.22. The number of rotatable bonds is 8. The highest BCUT2D eigenvalue weighted by atomic mass is 19.1. The lowest BCUT2D eigenvalue weighted by Crippen LogP contribution is -2.49. The third-order valence-corrected chi connectivity index (χ3v) is 7.22. The van der Waals surface area contributed by atoms with Crippen molar-refractivity contribution in [3.8, 4) is 11.5 Å². The van der Waals surface area contributed by atoms with E-state index in [0.29, 0.717) is 6.54 Å². The van der Waals surface area contributed by atoms with Crippen molar-refractivity contribution in [3.63, 3.8) is 0 Å². The van der Waals surface area contributed by atoms with E-state index in [0.717, 1.165) is 17.7 Å². The molecule has 37 heavy (non-hydrogen) atoms. The van der Waals surface area contributed by atoms with Gasteiger partial charge in [0.2, 0.25) is 0 Å². The van der Waals surface area contributed by atoms with Crippen LogP contribution in [0.1, 0.15) is 23.7 Å². The third kappa shape index (κ3) is 5.17. The van der Waals surface area contributed by atoms with Crippen LogP contribution >= 0.6 is 0 Å². The Morgan fingerprint density at radius 1 is 0.973 bits per heavy atom. The Morgan fingerprint density at radius 2 is 1.65 bits per heavy atom. The van der Waals surface area contributed by atoms with Crippen LogP contribution in [-0.4, -0.2) is 57.7 Å². The fourth-order valence-electron chi connectivity index (χ4n) is 5.31. The molecule has 3 aromatic rings. The molecule has 1 saturated heterocycles. The van der Waals surface area contributed by atoms with Gasteiger partial charge in [-0.2, -0.15) is 0 Å². The monoisotopic (exact) mass is 515 g/mol. The fourth-order valence-corrected chi connectivity index (χ4v) is 5.31. The normalized spacial score (nSPS) is 26.2. The minimum absolute atomic E-state index is 0.00245. The average molecular weight is 516 g/mol. The number of para-hydroxylation sites is 1. The van der Waals surface area contributed by atoms with Crippen LogP contribution in [-0.2, 0) is 6.61 Å². The van der Waals surface area contributed by atoms with Crippen molar-refractivity contribution in [3.05, 3.63) is 95.3 Å². The van der Waals surface area contributed by atoms with Gasteiger partial charge in [-0.1, -0.05) is 42.5 Å². The standard InChI is InChI=1S/C28H28F3NO5/c29-20-8-4-5-9-24(20)37-25-12-19-13-32(16-28(19,35)27(25)34)14-23(33)18-10-21(30)26(22(31)11-18)36-15-17-6-2-1-3-7-17/h1-11,19,23,25,27,33-35H,12-16H2/t19-,23-,25+,27+,28-/m0/s1. The molecule has 6 nitrogen and oxygen atoms in total. The Kier molecular flexibility index (Phi) is 7.13. The zero-order valence-corrected chi connectivity index (χ0v) is 19.9. The van der Waals surface area contributed by atoms with E-state index in [1.165, 1.54) is 18.2 Å². The maximum Gasteiger partial charge on any atom is 0.191 e. The summed E-state index contributed by atoms with van der Waals surface area (Å²) >= 11 is 0. The number of hydrogen-bond donors (Lipinski definition) is 3. The quantitative estimate of drug-likeness (QED) is 0.426. The number of halogens is 3. The number of aliphatic hydroxyl groups is 3. The second-order valence-electron chi connectivity index (χ2n) is 9.75. The molecule has 0 amide bonds. The molecule has 0 bridgehead atoms. The molecular formula is C28H28F3NO5. The fraction of sp³-hybridized carbons (Fsp3) is 0.357. The summed E-state index contributed by atoms with van der Waals surface area (Å²) in [5.74, 6) is -3.31. The van der Waals surface area contributed by atoms with Gasteiger partial charge in [0.15, 0.2) is 29.0 Å². The molecule has 1 saturated carbocycles. The molecule has 2 fully saturated rings. The number of fused-ring (bicyclic) bond motifs is 1. The van der Waals surface area contributed by atoms with Gasteiger partial charge in [-0.3, -0.25) is 4.90 Å². The van der Waals surface area contributed by atoms with E-state index in [4.69, 9.17) is 9.47 Å². The molecule has 0 spiro atoms. The van der Waals surface area contributed by atoms with E-state index < -0.39 is 47.1 Å². The van der Waals surface area contributed by atoms with Gasteiger partial charge in [0.05, 0.1) is 6.10 Å². The Morgan fingerprint density at radius 3 is 2.32 bits per heavy atom. The van der Waals surface area contributed by atoms with E-state index in [1.807, 2.05) is 6.07 Å². The number of aliphatic hydroxyl groups excluding tert-OH is 2. The zero-order chi connectivity index (χ0) is 26.2. The van der Waals surface area contributed by atoms with E-state index >= 15 is 0 Å². The van der Waals surface area contributed by atoms with Crippen molar-refractivity contribution in [1.82, 2.24) is 4.90 Å². The Labute approximate surface area is 212 Å². The summed E-state index contributed by atoms with van der Waals surface area (Å²) < 4.78 is 54.2. The van der Waals surface area contributed by atoms with Gasteiger partial charge in [0.1, 0.15) is 24.4 Å². The van der Waals surface area contributed by atoms with E-state index in [2.05, 4.69) is 0 Å². The summed E-state index contributed by atoms with van der Waals surface area (Å²) in [6, 6.07) is 16.9. The molecule has 0 unspecified atom stereocenters. The number of benzene rings is 3. The molecule has 5 atom stereocenters. The van der Waals surface area contributed by atoms with Crippen molar-refractivity contribution < 1.29 is 38.0 Å². The van der Waals surface area contributed by atoms with E-state index in [9.17, 15) is 28.5 Å². The number of likely N-dealkylation sites (tertiary alicyclic amines) is 1. The summed E-state index contributed by atoms with van der Waals surface area (Å²) in [5, 5.41) is 32.6. The molecule has 3 aromatic carbocycles. The lowest BCUT2D eigenvalue weighted by molar-refractivity contribution is -0.0879. The molecule has 1 aliphatic heterocycles. The van der Waals surface area contributed by atoms with Gasteiger partial charge in [0.25, 0.3) is 0 Å². The molecule has 0 aromatic heterocycles. The molecule has 1 heterocycles. The highest BCUT2D eigenvalue weighted by Crippen LogP contribution is 2.44. The van der Waals surface area contributed by atoms with E-state index in [1.54, 1.807) is 35.2 Å². The average Bonchev–Trinajstić information content (AvgIpc) is 3.30. The molecule has 9 heteroatoms. The SMILES string of the molecule is O[C@@H]1[C@H](Oc2ccccc2F)C[C@H]2CN(C[C@H](O)c3cc(F)c(OCc4ccccc4)c(F)c3)C[C@]21O. The first-order valence-electron chi connectivity index (χ1n) is 12.1. The van der Waals surface area contributed by atoms with Crippen molar-refractivity contribution in [1.29, 1.82) is 0 Å². The lowest BCUT2D eigenvalue weighted by Gasteiger charge is -2.29. The first-order valence-corrected chi connectivity index (χ1v) is 12.1. The first kappa shape index (κ1) is 25.5. The van der Waals surface area contributed by atoms with Crippen molar-refractivity contribution >= 4 is 0 Å². The number of hydrogen-bond acceptors (Lipinski definition) is 6. The molecule has 5 rings (SSSR count). The highest BCUT2D eigenvalue weighted by Gasteiger charge is 2.59. The van der Waals surface area contributed by atoms with Gasteiger partial charge in [-0.05, 0) is 41.8 Å². The summed E-state index contributed by atoms with van der Waals surface area (Å²) in [6.07, 6.45) is -3.01. The van der Waals surface area contributed by atoms with Gasteiger partial charge in [-0.15, -0.1) is 0 Å². The lowest BCUT2D eigenvalue weighted by atomic mass is 9.93. The topological polar surface area (TPSA) is 82.4 Å². The van der Waals surface area contributed by atoms with Crippen molar-refractivity contribution in [2.45, 2.75) is 36.9 Å². The Bertz CT molecular complexity index is 1220. The van der Waals surface area contributed by atoms with Crippen LogP contribution in [0.4, 0.5) is 13.2 Å². The van der Waals surface area contributed by atoms with Gasteiger partial charge in [0, 0.05) is 25.6 Å². The molecular weight excluding hydrogens is 487 g/mol. The molecule has 2 aliphatic rings. The number of ether oxygens (including phenoxy) is 2. The van der Waals surface area contributed by atoms with Gasteiger partial charge < -0.3 is 24.8 Å². The van der Waals surface area contributed by atoms with Crippen LogP contribution in [0.3, 0.4) is 0 Å². The van der Waals surface area contributed by atoms with Crippen LogP contribution in [0.25, 0.3) is 0 Å².